The number of hydrogen-bond donors (Lipinski definition) is 2. The SMILES string of the molecule is COCC(C)NC(=O)COC(=O)c1cc(N)ccc1Br. The van der Waals surface area contributed by atoms with Crippen LogP contribution in [0.1, 0.15) is 17.3 Å². The van der Waals surface area contributed by atoms with Crippen LogP contribution in [0.15, 0.2) is 22.7 Å². The number of carbonyl (C=O) groups excluding carboxylic acids is 2. The van der Waals surface area contributed by atoms with Gasteiger partial charge in [0.25, 0.3) is 5.91 Å². The van der Waals surface area contributed by atoms with Crippen LogP contribution in [0.4, 0.5) is 5.69 Å². The third-order valence-corrected chi connectivity index (χ3v) is 3.06. The first-order chi connectivity index (χ1) is 9.43. The van der Waals surface area contributed by atoms with Crippen LogP contribution >= 0.6 is 15.9 Å². The number of nitrogen functional groups attached to an aromatic ring is 1. The third kappa shape index (κ3) is 5.18. The zero-order chi connectivity index (χ0) is 15.1. The fourth-order valence-electron chi connectivity index (χ4n) is 1.52. The van der Waals surface area contributed by atoms with Gasteiger partial charge in [0.1, 0.15) is 0 Å². The molecule has 0 aliphatic rings. The van der Waals surface area contributed by atoms with Crippen molar-refractivity contribution >= 4 is 33.5 Å². The Labute approximate surface area is 125 Å². The lowest BCUT2D eigenvalue weighted by Gasteiger charge is -2.13. The van der Waals surface area contributed by atoms with Gasteiger partial charge in [-0.2, -0.15) is 0 Å². The van der Waals surface area contributed by atoms with E-state index in [1.54, 1.807) is 26.2 Å². The van der Waals surface area contributed by atoms with Crippen LogP contribution in [0.25, 0.3) is 0 Å². The summed E-state index contributed by atoms with van der Waals surface area (Å²) in [7, 11) is 1.54. The Morgan fingerprint density at radius 3 is 2.80 bits per heavy atom. The number of nitrogens with one attached hydrogen (secondary N) is 1. The maximum Gasteiger partial charge on any atom is 0.339 e. The smallest absolute Gasteiger partial charge is 0.339 e. The van der Waals surface area contributed by atoms with E-state index in [0.29, 0.717) is 16.8 Å². The molecule has 1 rings (SSSR count). The van der Waals surface area contributed by atoms with Gasteiger partial charge in [-0.25, -0.2) is 4.79 Å². The molecule has 1 unspecified atom stereocenters. The Kier molecular flexibility index (Phi) is 6.47. The molecule has 0 aliphatic heterocycles. The fourth-order valence-corrected chi connectivity index (χ4v) is 1.92. The van der Waals surface area contributed by atoms with E-state index < -0.39 is 5.97 Å². The number of rotatable bonds is 6. The Bertz CT molecular complexity index is 493. The van der Waals surface area contributed by atoms with Crippen LogP contribution in [0, 0.1) is 0 Å². The summed E-state index contributed by atoms with van der Waals surface area (Å²) in [6, 6.07) is 4.63. The van der Waals surface area contributed by atoms with Gasteiger partial charge in [0.2, 0.25) is 0 Å². The van der Waals surface area contributed by atoms with Crippen LogP contribution in [0.2, 0.25) is 0 Å². The van der Waals surface area contributed by atoms with Crippen LogP contribution < -0.4 is 11.1 Å². The quantitative estimate of drug-likeness (QED) is 0.600. The molecule has 0 heterocycles. The van der Waals surface area contributed by atoms with Crippen molar-refractivity contribution in [3.63, 3.8) is 0 Å². The third-order valence-electron chi connectivity index (χ3n) is 2.37. The number of anilines is 1. The van der Waals surface area contributed by atoms with Gasteiger partial charge in [-0.3, -0.25) is 4.79 Å². The van der Waals surface area contributed by atoms with Gasteiger partial charge in [0, 0.05) is 23.3 Å². The van der Waals surface area contributed by atoms with Crippen molar-refractivity contribution in [1.82, 2.24) is 5.32 Å². The lowest BCUT2D eigenvalue weighted by Crippen LogP contribution is -2.38. The molecule has 110 valence electrons. The first-order valence-corrected chi connectivity index (χ1v) is 6.73. The minimum Gasteiger partial charge on any atom is -0.452 e. The number of hydrogen-bond acceptors (Lipinski definition) is 5. The first kappa shape index (κ1) is 16.5. The summed E-state index contributed by atoms with van der Waals surface area (Å²) in [6.45, 7) is 1.83. The van der Waals surface area contributed by atoms with Gasteiger partial charge in [0.05, 0.1) is 12.2 Å². The predicted octanol–water partition coefficient (Wildman–Crippen LogP) is 1.34. The molecule has 0 aliphatic carbocycles. The van der Waals surface area contributed by atoms with Crippen LogP contribution in [-0.4, -0.2) is 38.2 Å². The van der Waals surface area contributed by atoms with E-state index >= 15 is 0 Å². The summed E-state index contributed by atoms with van der Waals surface area (Å²) in [5.41, 5.74) is 6.32. The van der Waals surface area contributed by atoms with Gasteiger partial charge in [0.15, 0.2) is 6.61 Å². The van der Waals surface area contributed by atoms with Crippen molar-refractivity contribution in [3.8, 4) is 0 Å². The highest BCUT2D eigenvalue weighted by Gasteiger charge is 2.14. The number of ether oxygens (including phenoxy) is 2. The Morgan fingerprint density at radius 2 is 2.15 bits per heavy atom. The van der Waals surface area contributed by atoms with E-state index in [-0.39, 0.29) is 24.1 Å². The number of benzene rings is 1. The fraction of sp³-hybridized carbons (Fsp3) is 0.385. The second-order valence-electron chi connectivity index (χ2n) is 4.24. The largest absolute Gasteiger partial charge is 0.452 e. The zero-order valence-corrected chi connectivity index (χ0v) is 12.9. The summed E-state index contributed by atoms with van der Waals surface area (Å²) in [4.78, 5) is 23.4. The first-order valence-electron chi connectivity index (χ1n) is 5.94. The van der Waals surface area contributed by atoms with E-state index in [9.17, 15) is 9.59 Å². The molecule has 1 amide bonds. The normalized spacial score (nSPS) is 11.8. The molecule has 1 atom stereocenters. The summed E-state index contributed by atoms with van der Waals surface area (Å²) in [5.74, 6) is -0.998. The van der Waals surface area contributed by atoms with Crippen molar-refractivity contribution in [1.29, 1.82) is 0 Å². The lowest BCUT2D eigenvalue weighted by molar-refractivity contribution is -0.125. The molecule has 0 spiro atoms. The van der Waals surface area contributed by atoms with Crippen LogP contribution in [-0.2, 0) is 14.3 Å². The van der Waals surface area contributed by atoms with Crippen molar-refractivity contribution in [2.75, 3.05) is 26.1 Å². The molecule has 0 aromatic heterocycles. The van der Waals surface area contributed by atoms with Gasteiger partial charge < -0.3 is 20.5 Å². The summed E-state index contributed by atoms with van der Waals surface area (Å²) < 4.78 is 10.4. The molecular weight excluding hydrogens is 328 g/mol. The zero-order valence-electron chi connectivity index (χ0n) is 11.3. The number of methoxy groups -OCH3 is 1. The van der Waals surface area contributed by atoms with E-state index in [4.69, 9.17) is 15.2 Å². The summed E-state index contributed by atoms with van der Waals surface area (Å²) in [5, 5.41) is 2.64. The molecule has 0 fully saturated rings. The minimum absolute atomic E-state index is 0.148. The number of esters is 1. The summed E-state index contributed by atoms with van der Waals surface area (Å²) >= 11 is 3.23. The molecule has 6 nitrogen and oxygen atoms in total. The molecule has 1 aromatic carbocycles. The van der Waals surface area contributed by atoms with Crippen LogP contribution in [0.3, 0.4) is 0 Å². The molecule has 7 heteroatoms. The van der Waals surface area contributed by atoms with E-state index in [1.165, 1.54) is 6.07 Å². The maximum atomic E-state index is 11.8. The highest BCUT2D eigenvalue weighted by molar-refractivity contribution is 9.10. The lowest BCUT2D eigenvalue weighted by atomic mass is 10.2. The van der Waals surface area contributed by atoms with Gasteiger partial charge in [-0.15, -0.1) is 0 Å². The van der Waals surface area contributed by atoms with Crippen LogP contribution in [0.5, 0.6) is 0 Å². The molecule has 0 radical (unpaired) electrons. The van der Waals surface area contributed by atoms with Crippen molar-refractivity contribution < 1.29 is 19.1 Å². The highest BCUT2D eigenvalue weighted by atomic mass is 79.9. The Morgan fingerprint density at radius 1 is 1.45 bits per heavy atom. The predicted molar refractivity (Wildman–Crippen MR) is 78.3 cm³/mol. The highest BCUT2D eigenvalue weighted by Crippen LogP contribution is 2.20. The van der Waals surface area contributed by atoms with Gasteiger partial charge in [-0.1, -0.05) is 0 Å². The molecule has 0 bridgehead atoms. The summed E-state index contributed by atoms with van der Waals surface area (Å²) in [6.07, 6.45) is 0. The average molecular weight is 345 g/mol. The van der Waals surface area contributed by atoms with Crippen molar-refractivity contribution in [2.45, 2.75) is 13.0 Å². The number of amides is 1. The number of halogens is 1. The number of nitrogens with two attached hydrogens (primary N) is 1. The Balaban J connectivity index is 2.51. The topological polar surface area (TPSA) is 90.6 Å². The van der Waals surface area contributed by atoms with E-state index in [0.717, 1.165) is 0 Å². The minimum atomic E-state index is -0.612. The monoisotopic (exact) mass is 344 g/mol. The Hall–Kier alpha value is -1.60. The molecule has 0 saturated carbocycles. The van der Waals surface area contributed by atoms with Gasteiger partial charge >= 0.3 is 5.97 Å². The van der Waals surface area contributed by atoms with E-state index in [2.05, 4.69) is 21.2 Å². The molecule has 3 N–H and O–H groups in total. The second-order valence-corrected chi connectivity index (χ2v) is 5.09. The van der Waals surface area contributed by atoms with Crippen molar-refractivity contribution in [3.05, 3.63) is 28.2 Å². The van der Waals surface area contributed by atoms with Gasteiger partial charge in [-0.05, 0) is 41.1 Å². The molecular formula is C13H17BrN2O4. The molecule has 0 saturated heterocycles. The maximum absolute atomic E-state index is 11.8. The molecule has 20 heavy (non-hydrogen) atoms. The standard InChI is InChI=1S/C13H17BrN2O4/c1-8(6-19-2)16-12(17)7-20-13(18)10-5-9(15)3-4-11(10)14/h3-5,8H,6-7,15H2,1-2H3,(H,16,17). The average Bonchev–Trinajstić information content (AvgIpc) is 2.39. The van der Waals surface area contributed by atoms with E-state index in [1.807, 2.05) is 0 Å². The molecule has 1 aromatic rings. The van der Waals surface area contributed by atoms with Crippen molar-refractivity contribution in [2.24, 2.45) is 0 Å². The number of carbonyl (C=O) groups is 2. The second kappa shape index (κ2) is 7.86.